The molecule has 178 valence electrons. The van der Waals surface area contributed by atoms with Crippen molar-refractivity contribution >= 4 is 45.9 Å². The van der Waals surface area contributed by atoms with Gasteiger partial charge in [-0.1, -0.05) is 30.0 Å². The van der Waals surface area contributed by atoms with Crippen molar-refractivity contribution in [2.24, 2.45) is 5.73 Å². The quantitative estimate of drug-likeness (QED) is 0.481. The van der Waals surface area contributed by atoms with E-state index in [1.807, 2.05) is 35.8 Å². The van der Waals surface area contributed by atoms with Gasteiger partial charge in [0.25, 0.3) is 5.91 Å². The minimum absolute atomic E-state index is 0.133. The number of ether oxygens (including phenoxy) is 1. The molecule has 1 saturated heterocycles. The number of nitrogens with two attached hydrogens (primary N) is 1. The second-order valence-electron chi connectivity index (χ2n) is 8.27. The number of thiophene rings is 1. The number of para-hydroxylation sites is 1. The second-order valence-corrected chi connectivity index (χ2v) is 10.3. The molecule has 0 unspecified atom stereocenters. The van der Waals surface area contributed by atoms with Crippen LogP contribution >= 0.6 is 23.1 Å². The molecule has 3 N–H and O–H groups in total. The third-order valence-corrected chi connectivity index (χ3v) is 8.16. The fourth-order valence-electron chi connectivity index (χ4n) is 4.39. The summed E-state index contributed by atoms with van der Waals surface area (Å²) >= 11 is 2.77. The number of rotatable bonds is 7. The number of anilines is 2. The number of nitrogens with one attached hydrogen (secondary N) is 1. The van der Waals surface area contributed by atoms with Crippen LogP contribution in [0.3, 0.4) is 0 Å². The number of benzene rings is 1. The molecule has 1 aromatic carbocycles. The maximum Gasteiger partial charge on any atom is 0.251 e. The molecule has 0 atom stereocenters. The third kappa shape index (κ3) is 4.42. The summed E-state index contributed by atoms with van der Waals surface area (Å²) in [5.74, 6) is 0.177. The van der Waals surface area contributed by atoms with Crippen LogP contribution in [-0.4, -0.2) is 58.6 Å². The monoisotopic (exact) mass is 498 g/mol. The maximum absolute atomic E-state index is 12.8. The molecule has 0 bridgehead atoms. The predicted octanol–water partition coefficient (Wildman–Crippen LogP) is 2.79. The highest BCUT2D eigenvalue weighted by molar-refractivity contribution is 7.99. The minimum atomic E-state index is -0.489. The number of fused-ring (bicyclic) bond motifs is 1. The van der Waals surface area contributed by atoms with Gasteiger partial charge in [0.2, 0.25) is 11.9 Å². The Bertz CT molecular complexity index is 1230. The molecular formula is C23H26N6O3S2. The summed E-state index contributed by atoms with van der Waals surface area (Å²) in [4.78, 5) is 28.2. The molecule has 3 heterocycles. The Labute approximate surface area is 205 Å². The molecule has 1 fully saturated rings. The van der Waals surface area contributed by atoms with E-state index in [0.29, 0.717) is 28.9 Å². The first-order chi connectivity index (χ1) is 16.5. The molecule has 34 heavy (non-hydrogen) atoms. The summed E-state index contributed by atoms with van der Waals surface area (Å²) in [6.07, 6.45) is 2.78. The molecule has 1 aliphatic heterocycles. The number of hydrogen-bond acceptors (Lipinski definition) is 8. The van der Waals surface area contributed by atoms with Crippen LogP contribution in [-0.2, 0) is 22.4 Å². The third-order valence-electron chi connectivity index (χ3n) is 6.02. The van der Waals surface area contributed by atoms with Crippen molar-refractivity contribution in [1.29, 1.82) is 0 Å². The highest BCUT2D eigenvalue weighted by Gasteiger charge is 2.27. The van der Waals surface area contributed by atoms with Crippen LogP contribution in [0.1, 0.15) is 32.8 Å². The van der Waals surface area contributed by atoms with E-state index in [1.165, 1.54) is 23.1 Å². The number of carbonyl (C=O) groups excluding carboxylic acids is 2. The number of primary amides is 1. The van der Waals surface area contributed by atoms with Gasteiger partial charge in [-0.3, -0.25) is 14.2 Å². The van der Waals surface area contributed by atoms with Crippen molar-refractivity contribution < 1.29 is 14.3 Å². The summed E-state index contributed by atoms with van der Waals surface area (Å²) in [5.41, 5.74) is 9.14. The first-order valence-corrected chi connectivity index (χ1v) is 13.0. The predicted molar refractivity (Wildman–Crippen MR) is 133 cm³/mol. The second kappa shape index (κ2) is 9.77. The summed E-state index contributed by atoms with van der Waals surface area (Å²) in [7, 11) is 0. The molecule has 0 radical (unpaired) electrons. The first kappa shape index (κ1) is 22.9. The number of hydrogen-bond donors (Lipinski definition) is 2. The fraction of sp³-hybridized carbons (Fsp3) is 0.391. The number of aromatic nitrogens is 3. The van der Waals surface area contributed by atoms with Gasteiger partial charge in [0.05, 0.1) is 30.2 Å². The van der Waals surface area contributed by atoms with E-state index >= 15 is 0 Å². The lowest BCUT2D eigenvalue weighted by Crippen LogP contribution is -2.38. The van der Waals surface area contributed by atoms with Crippen molar-refractivity contribution in [1.82, 2.24) is 14.8 Å². The fourth-order valence-corrected chi connectivity index (χ4v) is 6.45. The molecular weight excluding hydrogens is 472 g/mol. The van der Waals surface area contributed by atoms with Gasteiger partial charge in [-0.05, 0) is 43.4 Å². The molecule has 0 spiro atoms. The number of carbonyl (C=O) groups is 2. The van der Waals surface area contributed by atoms with E-state index in [0.717, 1.165) is 60.0 Å². The van der Waals surface area contributed by atoms with Crippen LogP contribution in [0.2, 0.25) is 0 Å². The van der Waals surface area contributed by atoms with Crippen LogP contribution in [0.15, 0.2) is 29.4 Å². The number of aryl methyl sites for hydroxylation is 2. The van der Waals surface area contributed by atoms with E-state index < -0.39 is 5.91 Å². The van der Waals surface area contributed by atoms with E-state index in [4.69, 9.17) is 10.5 Å². The highest BCUT2D eigenvalue weighted by Crippen LogP contribution is 2.39. The molecule has 9 nitrogen and oxygen atoms in total. The zero-order chi connectivity index (χ0) is 23.7. The average molecular weight is 499 g/mol. The number of nitrogens with zero attached hydrogens (tertiary/aromatic N) is 4. The Morgan fingerprint density at radius 1 is 1.21 bits per heavy atom. The largest absolute Gasteiger partial charge is 0.378 e. The Kier molecular flexibility index (Phi) is 6.57. The van der Waals surface area contributed by atoms with E-state index in [9.17, 15) is 9.59 Å². The van der Waals surface area contributed by atoms with Crippen molar-refractivity contribution in [3.05, 3.63) is 45.8 Å². The van der Waals surface area contributed by atoms with E-state index in [1.54, 1.807) is 0 Å². The summed E-state index contributed by atoms with van der Waals surface area (Å²) in [5, 5.41) is 13.0. The lowest BCUT2D eigenvalue weighted by atomic mass is 10.1. The van der Waals surface area contributed by atoms with Crippen molar-refractivity contribution in [3.8, 4) is 5.69 Å². The Morgan fingerprint density at radius 2 is 2.00 bits per heavy atom. The van der Waals surface area contributed by atoms with Gasteiger partial charge in [0.15, 0.2) is 5.16 Å². The molecule has 2 aromatic heterocycles. The molecule has 11 heteroatoms. The summed E-state index contributed by atoms with van der Waals surface area (Å²) < 4.78 is 7.50. The topological polar surface area (TPSA) is 115 Å². The van der Waals surface area contributed by atoms with Crippen molar-refractivity contribution in [2.75, 3.05) is 42.3 Å². The summed E-state index contributed by atoms with van der Waals surface area (Å²) in [6, 6.07) is 8.04. The van der Waals surface area contributed by atoms with E-state index in [2.05, 4.69) is 20.4 Å². The van der Waals surface area contributed by atoms with Crippen molar-refractivity contribution in [2.45, 2.75) is 31.3 Å². The standard InChI is InChI=1S/C23H26N6O3S2/c1-14-5-2-3-7-16(14)29-22(28-9-11-32-12-10-28)26-27-23(29)33-13-18(30)25-21-19(20(24)31)15-6-4-8-17(15)34-21/h2-3,5,7H,4,6,8-13H2,1H3,(H2,24,31)(H,25,30). The molecule has 2 aliphatic rings. The normalized spacial score (nSPS) is 15.4. The first-order valence-electron chi connectivity index (χ1n) is 11.2. The van der Waals surface area contributed by atoms with Crippen LogP contribution < -0.4 is 16.0 Å². The minimum Gasteiger partial charge on any atom is -0.378 e. The van der Waals surface area contributed by atoms with Crippen LogP contribution in [0, 0.1) is 6.92 Å². The van der Waals surface area contributed by atoms with Crippen LogP contribution in [0.25, 0.3) is 5.69 Å². The van der Waals surface area contributed by atoms with Gasteiger partial charge in [0, 0.05) is 18.0 Å². The highest BCUT2D eigenvalue weighted by atomic mass is 32.2. The molecule has 3 aromatic rings. The number of amides is 2. The lowest BCUT2D eigenvalue weighted by molar-refractivity contribution is -0.113. The van der Waals surface area contributed by atoms with Crippen molar-refractivity contribution in [3.63, 3.8) is 0 Å². The van der Waals surface area contributed by atoms with Gasteiger partial charge in [-0.25, -0.2) is 0 Å². The SMILES string of the molecule is Cc1ccccc1-n1c(SCC(=O)Nc2sc3c(c2C(N)=O)CCC3)nnc1N1CCOCC1. The van der Waals surface area contributed by atoms with Gasteiger partial charge in [0.1, 0.15) is 5.00 Å². The average Bonchev–Trinajstić information content (AvgIpc) is 3.53. The number of thioether (sulfide) groups is 1. The molecule has 2 amide bonds. The van der Waals surface area contributed by atoms with Gasteiger partial charge >= 0.3 is 0 Å². The van der Waals surface area contributed by atoms with Gasteiger partial charge < -0.3 is 20.7 Å². The van der Waals surface area contributed by atoms with E-state index in [-0.39, 0.29) is 11.7 Å². The number of morpholine rings is 1. The van der Waals surface area contributed by atoms with Gasteiger partial charge in [-0.2, -0.15) is 0 Å². The molecule has 1 aliphatic carbocycles. The Hall–Kier alpha value is -2.89. The molecule has 5 rings (SSSR count). The Morgan fingerprint density at radius 3 is 2.76 bits per heavy atom. The zero-order valence-electron chi connectivity index (χ0n) is 18.9. The van der Waals surface area contributed by atoms with Crippen LogP contribution in [0.4, 0.5) is 10.9 Å². The molecule has 0 saturated carbocycles. The van der Waals surface area contributed by atoms with Gasteiger partial charge in [-0.15, -0.1) is 21.5 Å². The summed E-state index contributed by atoms with van der Waals surface area (Å²) in [6.45, 7) is 4.78. The smallest absolute Gasteiger partial charge is 0.251 e. The zero-order valence-corrected chi connectivity index (χ0v) is 20.5. The Balaban J connectivity index is 1.37. The maximum atomic E-state index is 12.8. The lowest BCUT2D eigenvalue weighted by Gasteiger charge is -2.28. The van der Waals surface area contributed by atoms with Crippen LogP contribution in [0.5, 0.6) is 0 Å².